The first-order chi connectivity index (χ1) is 9.02. The van der Waals surface area contributed by atoms with Crippen LogP contribution in [0.1, 0.15) is 16.8 Å². The molecule has 1 atom stereocenters. The summed E-state index contributed by atoms with van der Waals surface area (Å²) in [6, 6.07) is 4.11. The molecule has 1 aromatic rings. The predicted octanol–water partition coefficient (Wildman–Crippen LogP) is 1.04. The summed E-state index contributed by atoms with van der Waals surface area (Å²) in [6.07, 6.45) is 0.812. The second-order valence-corrected chi connectivity index (χ2v) is 4.43. The number of benzene rings is 1. The van der Waals surface area contributed by atoms with Crippen LogP contribution in [0.4, 0.5) is 11.4 Å². The van der Waals surface area contributed by atoms with Gasteiger partial charge in [0.05, 0.1) is 11.0 Å². The molecule has 7 nitrogen and oxygen atoms in total. The maximum Gasteiger partial charge on any atom is 0.292 e. The van der Waals surface area contributed by atoms with Crippen LogP contribution < -0.4 is 5.73 Å². The number of amides is 1. The Bertz CT molecular complexity index is 518. The molecule has 0 spiro atoms. The maximum absolute atomic E-state index is 12.2. The third-order valence-corrected chi connectivity index (χ3v) is 3.24. The smallest absolute Gasteiger partial charge is 0.292 e. The van der Waals surface area contributed by atoms with E-state index in [-0.39, 0.29) is 28.9 Å². The largest absolute Gasteiger partial charge is 0.393 e. The molecular weight excluding hydrogens is 250 g/mol. The van der Waals surface area contributed by atoms with Gasteiger partial charge in [-0.25, -0.2) is 0 Å². The minimum atomic E-state index is -0.589. The van der Waals surface area contributed by atoms with Gasteiger partial charge in [0.2, 0.25) is 0 Å². The van der Waals surface area contributed by atoms with E-state index in [4.69, 9.17) is 10.5 Å². The Hall–Kier alpha value is -2.15. The van der Waals surface area contributed by atoms with Crippen LogP contribution in [0, 0.1) is 10.1 Å². The minimum absolute atomic E-state index is 0.0349. The van der Waals surface area contributed by atoms with Crippen molar-refractivity contribution >= 4 is 17.3 Å². The molecule has 2 rings (SSSR count). The molecule has 1 aliphatic heterocycles. The van der Waals surface area contributed by atoms with Crippen molar-refractivity contribution in [3.63, 3.8) is 0 Å². The molecule has 0 radical (unpaired) electrons. The summed E-state index contributed by atoms with van der Waals surface area (Å²) in [4.78, 5) is 24.0. The topological polar surface area (TPSA) is 98.7 Å². The molecule has 1 aromatic carbocycles. The molecule has 0 aromatic heterocycles. The first-order valence-corrected chi connectivity index (χ1v) is 5.89. The van der Waals surface area contributed by atoms with Crippen molar-refractivity contribution in [3.05, 3.63) is 33.9 Å². The highest BCUT2D eigenvalue weighted by Crippen LogP contribution is 2.24. The van der Waals surface area contributed by atoms with Crippen LogP contribution in [0.3, 0.4) is 0 Å². The lowest BCUT2D eigenvalue weighted by Gasteiger charge is -2.16. The molecule has 7 heteroatoms. The van der Waals surface area contributed by atoms with E-state index in [1.807, 2.05) is 0 Å². The van der Waals surface area contributed by atoms with Gasteiger partial charge in [-0.2, -0.15) is 0 Å². The number of likely N-dealkylation sites (tertiary alicyclic amines) is 1. The predicted molar refractivity (Wildman–Crippen MR) is 68.8 cm³/mol. The molecule has 102 valence electrons. The number of hydrogen-bond acceptors (Lipinski definition) is 5. The summed E-state index contributed by atoms with van der Waals surface area (Å²) < 4.78 is 5.19. The summed E-state index contributed by atoms with van der Waals surface area (Å²) >= 11 is 0. The number of nitrogens with zero attached hydrogens (tertiary/aromatic N) is 2. The Labute approximate surface area is 110 Å². The van der Waals surface area contributed by atoms with Gasteiger partial charge < -0.3 is 15.4 Å². The highest BCUT2D eigenvalue weighted by molar-refractivity contribution is 5.95. The molecule has 1 heterocycles. The van der Waals surface area contributed by atoms with E-state index in [1.54, 1.807) is 12.0 Å². The number of nitrogen functional groups attached to an aromatic ring is 1. The average Bonchev–Trinajstić information content (AvgIpc) is 2.87. The van der Waals surface area contributed by atoms with Gasteiger partial charge in [-0.15, -0.1) is 0 Å². The lowest BCUT2D eigenvalue weighted by atomic mass is 10.1. The van der Waals surface area contributed by atoms with E-state index in [1.165, 1.54) is 18.2 Å². The zero-order valence-corrected chi connectivity index (χ0v) is 10.5. The van der Waals surface area contributed by atoms with Gasteiger partial charge in [0, 0.05) is 31.8 Å². The SMILES string of the molecule is COC1CCN(C(=O)c2ccc(N)c([N+](=O)[O-])c2)C1. The van der Waals surface area contributed by atoms with E-state index in [2.05, 4.69) is 0 Å². The third kappa shape index (κ3) is 2.65. The minimum Gasteiger partial charge on any atom is -0.393 e. The molecule has 1 unspecified atom stereocenters. The lowest BCUT2D eigenvalue weighted by molar-refractivity contribution is -0.383. The van der Waals surface area contributed by atoms with E-state index in [0.29, 0.717) is 13.1 Å². The van der Waals surface area contributed by atoms with Gasteiger partial charge in [0.1, 0.15) is 5.69 Å². The van der Waals surface area contributed by atoms with Gasteiger partial charge >= 0.3 is 0 Å². The lowest BCUT2D eigenvalue weighted by Crippen LogP contribution is -2.30. The molecule has 0 bridgehead atoms. The van der Waals surface area contributed by atoms with Crippen LogP contribution in [-0.4, -0.2) is 42.0 Å². The quantitative estimate of drug-likeness (QED) is 0.500. The van der Waals surface area contributed by atoms with Crippen LogP contribution >= 0.6 is 0 Å². The zero-order chi connectivity index (χ0) is 14.0. The van der Waals surface area contributed by atoms with Crippen LogP contribution in [-0.2, 0) is 4.74 Å². The molecule has 1 fully saturated rings. The van der Waals surface area contributed by atoms with E-state index >= 15 is 0 Å². The number of carbonyl (C=O) groups excluding carboxylic acids is 1. The Morgan fingerprint density at radius 3 is 2.89 bits per heavy atom. The van der Waals surface area contributed by atoms with Gasteiger partial charge in [0.25, 0.3) is 11.6 Å². The summed E-state index contributed by atoms with van der Waals surface area (Å²) in [5.74, 6) is -0.234. The molecule has 1 aliphatic rings. The number of nitro benzene ring substituents is 1. The highest BCUT2D eigenvalue weighted by Gasteiger charge is 2.27. The van der Waals surface area contributed by atoms with Gasteiger partial charge in [0.15, 0.2) is 0 Å². The maximum atomic E-state index is 12.2. The van der Waals surface area contributed by atoms with Crippen molar-refractivity contribution in [3.8, 4) is 0 Å². The Balaban J connectivity index is 2.20. The van der Waals surface area contributed by atoms with E-state index in [9.17, 15) is 14.9 Å². The summed E-state index contributed by atoms with van der Waals surface area (Å²) in [5.41, 5.74) is 5.59. The Morgan fingerprint density at radius 1 is 1.58 bits per heavy atom. The van der Waals surface area contributed by atoms with E-state index in [0.717, 1.165) is 6.42 Å². The highest BCUT2D eigenvalue weighted by atomic mass is 16.6. The van der Waals surface area contributed by atoms with Crippen molar-refractivity contribution in [1.82, 2.24) is 4.90 Å². The Kier molecular flexibility index (Phi) is 3.66. The number of hydrogen-bond donors (Lipinski definition) is 1. The van der Waals surface area contributed by atoms with Crippen molar-refractivity contribution in [1.29, 1.82) is 0 Å². The summed E-state index contributed by atoms with van der Waals surface area (Å²) in [6.45, 7) is 1.10. The summed E-state index contributed by atoms with van der Waals surface area (Å²) in [5, 5.41) is 10.8. The van der Waals surface area contributed by atoms with Crippen LogP contribution in [0.25, 0.3) is 0 Å². The third-order valence-electron chi connectivity index (χ3n) is 3.24. The monoisotopic (exact) mass is 265 g/mol. The van der Waals surface area contributed by atoms with Crippen LogP contribution in [0.15, 0.2) is 18.2 Å². The average molecular weight is 265 g/mol. The molecule has 1 amide bonds. The first kappa shape index (κ1) is 13.3. The molecule has 0 aliphatic carbocycles. The standard InChI is InChI=1S/C12H15N3O4/c1-19-9-4-5-14(7-9)12(16)8-2-3-10(13)11(6-8)15(17)18/h2-3,6,9H,4-5,7,13H2,1H3. The molecular formula is C12H15N3O4. The van der Waals surface area contributed by atoms with Gasteiger partial charge in [-0.05, 0) is 18.6 Å². The van der Waals surface area contributed by atoms with Gasteiger partial charge in [-0.3, -0.25) is 14.9 Å². The van der Waals surface area contributed by atoms with E-state index < -0.39 is 4.92 Å². The molecule has 1 saturated heterocycles. The van der Waals surface area contributed by atoms with Crippen molar-refractivity contribution in [2.75, 3.05) is 25.9 Å². The molecule has 19 heavy (non-hydrogen) atoms. The second kappa shape index (κ2) is 5.23. The first-order valence-electron chi connectivity index (χ1n) is 5.89. The number of nitro groups is 1. The zero-order valence-electron chi connectivity index (χ0n) is 10.5. The van der Waals surface area contributed by atoms with Crippen LogP contribution in [0.2, 0.25) is 0 Å². The number of methoxy groups -OCH3 is 1. The van der Waals surface area contributed by atoms with Crippen LogP contribution in [0.5, 0.6) is 0 Å². The molecule has 2 N–H and O–H groups in total. The number of nitrogens with two attached hydrogens (primary N) is 1. The number of rotatable bonds is 3. The fraction of sp³-hybridized carbons (Fsp3) is 0.417. The fourth-order valence-corrected chi connectivity index (χ4v) is 2.12. The second-order valence-electron chi connectivity index (χ2n) is 4.43. The number of carbonyl (C=O) groups is 1. The number of anilines is 1. The van der Waals surface area contributed by atoms with Crippen molar-refractivity contribution in [2.24, 2.45) is 0 Å². The Morgan fingerprint density at radius 2 is 2.32 bits per heavy atom. The van der Waals surface area contributed by atoms with Crippen molar-refractivity contribution < 1.29 is 14.5 Å². The summed E-state index contributed by atoms with van der Waals surface area (Å²) in [7, 11) is 1.60. The normalized spacial score (nSPS) is 18.6. The fourth-order valence-electron chi connectivity index (χ4n) is 2.12. The van der Waals surface area contributed by atoms with Gasteiger partial charge in [-0.1, -0.05) is 0 Å². The number of ether oxygens (including phenoxy) is 1. The van der Waals surface area contributed by atoms with Crippen molar-refractivity contribution in [2.45, 2.75) is 12.5 Å². The molecule has 0 saturated carbocycles.